The Balaban J connectivity index is 1.97. The van der Waals surface area contributed by atoms with Crippen LogP contribution in [0.25, 0.3) is 0 Å². The van der Waals surface area contributed by atoms with Gasteiger partial charge in [0.2, 0.25) is 0 Å². The molecule has 0 saturated heterocycles. The Labute approximate surface area is 96.1 Å². The monoisotopic (exact) mass is 250 g/mol. The van der Waals surface area contributed by atoms with Crippen molar-refractivity contribution in [2.45, 2.75) is 38.0 Å². The van der Waals surface area contributed by atoms with Crippen LogP contribution in [0.5, 0.6) is 0 Å². The number of alkyl halides is 3. The van der Waals surface area contributed by atoms with E-state index in [4.69, 9.17) is 0 Å². The fraction of sp³-hybridized carbons (Fsp3) is 0.700. The first-order valence-electron chi connectivity index (χ1n) is 5.24. The van der Waals surface area contributed by atoms with E-state index in [-0.39, 0.29) is 6.04 Å². The highest BCUT2D eigenvalue weighted by molar-refractivity contribution is 7.09. The number of thiazole rings is 1. The van der Waals surface area contributed by atoms with Gasteiger partial charge in [0.05, 0.1) is 13.1 Å². The molecule has 0 aliphatic heterocycles. The summed E-state index contributed by atoms with van der Waals surface area (Å²) in [5, 5.41) is 2.55. The van der Waals surface area contributed by atoms with Crippen molar-refractivity contribution in [3.8, 4) is 0 Å². The zero-order valence-corrected chi connectivity index (χ0v) is 9.52. The molecular weight excluding hydrogens is 237 g/mol. The number of hydrogen-bond acceptors (Lipinski definition) is 3. The van der Waals surface area contributed by atoms with Gasteiger partial charge in [-0.15, -0.1) is 11.3 Å². The molecule has 0 spiro atoms. The second-order valence-electron chi connectivity index (χ2n) is 4.03. The minimum absolute atomic E-state index is 0.0884. The van der Waals surface area contributed by atoms with Crippen LogP contribution in [0.15, 0.2) is 11.6 Å². The molecule has 16 heavy (non-hydrogen) atoms. The van der Waals surface area contributed by atoms with E-state index in [1.807, 2.05) is 0 Å². The van der Waals surface area contributed by atoms with Gasteiger partial charge in [0.15, 0.2) is 0 Å². The lowest BCUT2D eigenvalue weighted by molar-refractivity contribution is -0.155. The number of nitrogens with zero attached hydrogens (tertiary/aromatic N) is 2. The zero-order valence-electron chi connectivity index (χ0n) is 8.70. The van der Waals surface area contributed by atoms with Crippen molar-refractivity contribution in [2.24, 2.45) is 0 Å². The summed E-state index contributed by atoms with van der Waals surface area (Å²) in [5.74, 6) is 0. The minimum atomic E-state index is -4.12. The normalized spacial score (nSPS) is 17.8. The Kier molecular flexibility index (Phi) is 3.49. The Morgan fingerprint density at radius 3 is 2.62 bits per heavy atom. The molecule has 0 N–H and O–H groups in total. The second kappa shape index (κ2) is 4.71. The summed E-state index contributed by atoms with van der Waals surface area (Å²) in [7, 11) is 0. The van der Waals surface area contributed by atoms with Crippen molar-refractivity contribution in [3.63, 3.8) is 0 Å². The summed E-state index contributed by atoms with van der Waals surface area (Å²) >= 11 is 1.41. The van der Waals surface area contributed by atoms with E-state index in [2.05, 4.69) is 4.98 Å². The van der Waals surface area contributed by atoms with Crippen LogP contribution < -0.4 is 0 Å². The Bertz CT molecular complexity index is 319. The van der Waals surface area contributed by atoms with Crippen LogP contribution in [0, 0.1) is 0 Å². The predicted octanol–water partition coefficient (Wildman–Crippen LogP) is 3.06. The molecule has 0 aromatic carbocycles. The lowest BCUT2D eigenvalue weighted by atomic mass is 9.91. The lowest BCUT2D eigenvalue weighted by Gasteiger charge is -2.37. The Hall–Kier alpha value is -0.620. The van der Waals surface area contributed by atoms with Crippen LogP contribution in [0.4, 0.5) is 13.2 Å². The number of aromatic nitrogens is 1. The van der Waals surface area contributed by atoms with Gasteiger partial charge in [-0.1, -0.05) is 6.42 Å². The molecule has 1 aromatic rings. The van der Waals surface area contributed by atoms with Gasteiger partial charge in [0.25, 0.3) is 0 Å². The summed E-state index contributed by atoms with van der Waals surface area (Å²) < 4.78 is 37.2. The van der Waals surface area contributed by atoms with Crippen molar-refractivity contribution in [2.75, 3.05) is 6.54 Å². The smallest absolute Gasteiger partial charge is 0.285 e. The molecule has 0 unspecified atom stereocenters. The molecule has 0 bridgehead atoms. The van der Waals surface area contributed by atoms with Crippen molar-refractivity contribution in [1.82, 2.24) is 9.88 Å². The van der Waals surface area contributed by atoms with E-state index in [1.54, 1.807) is 11.6 Å². The number of hydrogen-bond donors (Lipinski definition) is 0. The molecule has 0 radical (unpaired) electrons. The third-order valence-corrected chi connectivity index (χ3v) is 3.56. The van der Waals surface area contributed by atoms with Crippen LogP contribution in [0.2, 0.25) is 0 Å². The molecule has 1 heterocycles. The quantitative estimate of drug-likeness (QED) is 0.816. The number of halogens is 3. The highest BCUT2D eigenvalue weighted by atomic mass is 32.1. The minimum Gasteiger partial charge on any atom is -0.285 e. The second-order valence-corrected chi connectivity index (χ2v) is 5.01. The molecule has 2 rings (SSSR count). The van der Waals surface area contributed by atoms with Gasteiger partial charge in [-0.2, -0.15) is 13.2 Å². The van der Waals surface area contributed by atoms with Crippen LogP contribution >= 0.6 is 11.3 Å². The maximum absolute atomic E-state index is 12.4. The molecular formula is C10H13F3N2S. The van der Waals surface area contributed by atoms with Crippen molar-refractivity contribution >= 4 is 11.3 Å². The summed E-state index contributed by atoms with van der Waals surface area (Å²) in [6.45, 7) is -0.501. The first-order valence-corrected chi connectivity index (χ1v) is 6.12. The first-order chi connectivity index (χ1) is 7.54. The molecule has 0 atom stereocenters. The van der Waals surface area contributed by atoms with Crippen LogP contribution in [0.3, 0.4) is 0 Å². The fourth-order valence-electron chi connectivity index (χ4n) is 1.80. The van der Waals surface area contributed by atoms with Gasteiger partial charge in [-0.3, -0.25) is 4.90 Å². The molecule has 6 heteroatoms. The van der Waals surface area contributed by atoms with Gasteiger partial charge in [0, 0.05) is 17.6 Å². The van der Waals surface area contributed by atoms with Gasteiger partial charge in [-0.05, 0) is 12.8 Å². The van der Waals surface area contributed by atoms with Crippen LogP contribution in [0.1, 0.15) is 24.3 Å². The maximum Gasteiger partial charge on any atom is 0.401 e. The van der Waals surface area contributed by atoms with E-state index in [0.29, 0.717) is 6.54 Å². The van der Waals surface area contributed by atoms with Crippen molar-refractivity contribution in [1.29, 1.82) is 0 Å². The van der Waals surface area contributed by atoms with Gasteiger partial charge in [-0.25, -0.2) is 4.98 Å². The summed E-state index contributed by atoms with van der Waals surface area (Å²) in [6.07, 6.45) is 0.305. The molecule has 90 valence electrons. The molecule has 1 aromatic heterocycles. The predicted molar refractivity (Wildman–Crippen MR) is 56.2 cm³/mol. The standard InChI is InChI=1S/C10H13F3N2S/c11-10(12,13)7-15(8-2-1-3-8)6-9-14-4-5-16-9/h4-5,8H,1-3,6-7H2. The van der Waals surface area contributed by atoms with Crippen LogP contribution in [-0.4, -0.2) is 28.6 Å². The summed E-state index contributed by atoms with van der Waals surface area (Å²) in [4.78, 5) is 5.54. The van der Waals surface area contributed by atoms with Crippen molar-refractivity contribution < 1.29 is 13.2 Å². The molecule has 1 saturated carbocycles. The van der Waals surface area contributed by atoms with E-state index < -0.39 is 12.7 Å². The average molecular weight is 250 g/mol. The Morgan fingerprint density at radius 1 is 1.44 bits per heavy atom. The largest absolute Gasteiger partial charge is 0.401 e. The highest BCUT2D eigenvalue weighted by Crippen LogP contribution is 2.29. The van der Waals surface area contributed by atoms with Crippen LogP contribution in [-0.2, 0) is 6.54 Å². The van der Waals surface area contributed by atoms with E-state index in [0.717, 1.165) is 24.3 Å². The van der Waals surface area contributed by atoms with E-state index in [9.17, 15) is 13.2 Å². The topological polar surface area (TPSA) is 16.1 Å². The Morgan fingerprint density at radius 2 is 2.19 bits per heavy atom. The zero-order chi connectivity index (χ0) is 11.6. The fourth-order valence-corrected chi connectivity index (χ4v) is 2.44. The number of rotatable bonds is 4. The molecule has 0 amide bonds. The van der Waals surface area contributed by atoms with Gasteiger partial charge in [0.1, 0.15) is 5.01 Å². The van der Waals surface area contributed by atoms with E-state index in [1.165, 1.54) is 16.2 Å². The van der Waals surface area contributed by atoms with E-state index >= 15 is 0 Å². The first kappa shape index (κ1) is 11.9. The average Bonchev–Trinajstić information content (AvgIpc) is 2.49. The summed E-state index contributed by atoms with van der Waals surface area (Å²) in [6, 6.07) is 0.0884. The van der Waals surface area contributed by atoms with Crippen molar-refractivity contribution in [3.05, 3.63) is 16.6 Å². The third-order valence-electron chi connectivity index (χ3n) is 2.80. The lowest BCUT2D eigenvalue weighted by Crippen LogP contribution is -2.44. The SMILES string of the molecule is FC(F)(F)CN(Cc1nccs1)C1CCC1. The molecule has 1 fully saturated rings. The highest BCUT2D eigenvalue weighted by Gasteiger charge is 2.36. The van der Waals surface area contributed by atoms with Gasteiger partial charge >= 0.3 is 6.18 Å². The molecule has 1 aliphatic carbocycles. The molecule has 1 aliphatic rings. The molecule has 2 nitrogen and oxygen atoms in total. The van der Waals surface area contributed by atoms with Gasteiger partial charge < -0.3 is 0 Å². The maximum atomic E-state index is 12.4. The summed E-state index contributed by atoms with van der Waals surface area (Å²) in [5.41, 5.74) is 0. The third kappa shape index (κ3) is 3.18.